The number of hydrogen-bond donors (Lipinski definition) is 2. The number of aromatic nitrogens is 1. The van der Waals surface area contributed by atoms with Gasteiger partial charge in [0.25, 0.3) is 5.91 Å². The molecule has 1 aromatic rings. The lowest BCUT2D eigenvalue weighted by Crippen LogP contribution is -2.58. The molecule has 1 aliphatic heterocycles. The van der Waals surface area contributed by atoms with Crippen LogP contribution in [0.3, 0.4) is 0 Å². The molecule has 0 radical (unpaired) electrons. The van der Waals surface area contributed by atoms with Crippen molar-refractivity contribution in [1.29, 1.82) is 0 Å². The predicted octanol–water partition coefficient (Wildman–Crippen LogP) is 2.47. The summed E-state index contributed by atoms with van der Waals surface area (Å²) in [7, 11) is 1.69. The van der Waals surface area contributed by atoms with Gasteiger partial charge < -0.3 is 25.0 Å². The highest BCUT2D eigenvalue weighted by Gasteiger charge is 2.37. The van der Waals surface area contributed by atoms with Crippen molar-refractivity contribution in [3.63, 3.8) is 0 Å². The number of hydrogen-bond acceptors (Lipinski definition) is 6. The summed E-state index contributed by atoms with van der Waals surface area (Å²) >= 11 is 0. The van der Waals surface area contributed by atoms with Crippen molar-refractivity contribution in [2.45, 2.75) is 57.6 Å². The van der Waals surface area contributed by atoms with Crippen LogP contribution in [0, 0.1) is 5.92 Å². The molecule has 32 heavy (non-hydrogen) atoms. The number of methoxy groups -OCH3 is 1. The van der Waals surface area contributed by atoms with Crippen LogP contribution >= 0.6 is 0 Å². The molecule has 0 aromatic carbocycles. The Hall–Kier alpha value is -2.42. The third-order valence-electron chi connectivity index (χ3n) is 6.34. The minimum absolute atomic E-state index is 0.180. The number of halogens is 1. The molecule has 1 saturated carbocycles. The van der Waals surface area contributed by atoms with E-state index in [1.165, 1.54) is 0 Å². The van der Waals surface area contributed by atoms with Crippen LogP contribution < -0.4 is 20.3 Å². The van der Waals surface area contributed by atoms with Crippen LogP contribution in [-0.4, -0.2) is 68.5 Å². The van der Waals surface area contributed by atoms with Crippen molar-refractivity contribution in [1.82, 2.24) is 15.6 Å². The van der Waals surface area contributed by atoms with Crippen LogP contribution in [0.25, 0.3) is 0 Å². The number of amides is 2. The van der Waals surface area contributed by atoms with Crippen molar-refractivity contribution in [2.75, 3.05) is 44.9 Å². The summed E-state index contributed by atoms with van der Waals surface area (Å²) in [5, 5.41) is 5.60. The Morgan fingerprint density at radius 3 is 2.56 bits per heavy atom. The number of carbonyl (C=O) groups excluding carboxylic acids is 2. The quantitative estimate of drug-likeness (QED) is 0.449. The molecule has 9 heteroatoms. The highest BCUT2D eigenvalue weighted by Crippen LogP contribution is 2.34. The van der Waals surface area contributed by atoms with Gasteiger partial charge in [-0.05, 0) is 50.2 Å². The summed E-state index contributed by atoms with van der Waals surface area (Å²) in [6.07, 6.45) is 3.54. The average molecular weight is 451 g/mol. The molecule has 2 heterocycles. The van der Waals surface area contributed by atoms with E-state index in [1.54, 1.807) is 13.2 Å². The molecule has 178 valence electrons. The van der Waals surface area contributed by atoms with Gasteiger partial charge in [0.15, 0.2) is 0 Å². The van der Waals surface area contributed by atoms with E-state index in [1.807, 2.05) is 19.9 Å². The monoisotopic (exact) mass is 450 g/mol. The van der Waals surface area contributed by atoms with Crippen LogP contribution in [0.15, 0.2) is 12.1 Å². The SMILES string of the molecule is CCC(CC)(NC(=O)c1ccc(N2CC(OC)C2)c(OCC2CC2)n1)C(=O)NCCCF. The molecule has 2 N–H and O–H groups in total. The Morgan fingerprint density at radius 1 is 1.25 bits per heavy atom. The lowest BCUT2D eigenvalue weighted by atomic mass is 9.91. The fourth-order valence-corrected chi connectivity index (χ4v) is 3.70. The van der Waals surface area contributed by atoms with E-state index in [9.17, 15) is 14.0 Å². The maximum absolute atomic E-state index is 13.1. The zero-order valence-electron chi connectivity index (χ0n) is 19.3. The van der Waals surface area contributed by atoms with Crippen LogP contribution in [0.1, 0.15) is 56.4 Å². The van der Waals surface area contributed by atoms with E-state index in [2.05, 4.69) is 20.5 Å². The standard InChI is InChI=1S/C23H35FN4O4/c1-4-23(5-2,22(30)25-12-6-11-24)27-20(29)18-9-10-19(28-13-17(14-28)31-3)21(26-18)32-15-16-7-8-16/h9-10,16-17H,4-8,11-15H2,1-3H3,(H,25,30)(H,27,29). The maximum atomic E-state index is 13.1. The van der Waals surface area contributed by atoms with Gasteiger partial charge in [-0.1, -0.05) is 13.8 Å². The largest absolute Gasteiger partial charge is 0.476 e. The summed E-state index contributed by atoms with van der Waals surface area (Å²) in [5.41, 5.74) is -0.0331. The van der Waals surface area contributed by atoms with Crippen molar-refractivity contribution in [3.05, 3.63) is 17.8 Å². The Balaban J connectivity index is 1.75. The molecule has 2 amide bonds. The van der Waals surface area contributed by atoms with Gasteiger partial charge in [0.05, 0.1) is 19.4 Å². The molecule has 2 aliphatic rings. The smallest absolute Gasteiger partial charge is 0.270 e. The van der Waals surface area contributed by atoms with Gasteiger partial charge in [-0.15, -0.1) is 0 Å². The summed E-state index contributed by atoms with van der Waals surface area (Å²) < 4.78 is 23.7. The van der Waals surface area contributed by atoms with Crippen molar-refractivity contribution >= 4 is 17.5 Å². The second-order valence-electron chi connectivity index (χ2n) is 8.58. The van der Waals surface area contributed by atoms with Gasteiger partial charge in [0.1, 0.15) is 16.9 Å². The van der Waals surface area contributed by atoms with E-state index in [0.717, 1.165) is 31.6 Å². The molecular weight excluding hydrogens is 415 g/mol. The first kappa shape index (κ1) is 24.2. The average Bonchev–Trinajstić information content (AvgIpc) is 3.60. The van der Waals surface area contributed by atoms with Crippen molar-refractivity contribution < 1.29 is 23.5 Å². The molecule has 0 unspecified atom stereocenters. The van der Waals surface area contributed by atoms with Crippen LogP contribution in [0.5, 0.6) is 5.88 Å². The van der Waals surface area contributed by atoms with E-state index in [4.69, 9.17) is 9.47 Å². The zero-order chi connectivity index (χ0) is 23.1. The molecule has 8 nitrogen and oxygen atoms in total. The van der Waals surface area contributed by atoms with Crippen LogP contribution in [0.2, 0.25) is 0 Å². The molecule has 1 aromatic heterocycles. The Kier molecular flexibility index (Phi) is 8.28. The maximum Gasteiger partial charge on any atom is 0.270 e. The number of anilines is 1. The molecule has 2 fully saturated rings. The zero-order valence-corrected chi connectivity index (χ0v) is 19.3. The van der Waals surface area contributed by atoms with Gasteiger partial charge in [-0.25, -0.2) is 4.98 Å². The van der Waals surface area contributed by atoms with Gasteiger partial charge in [-0.2, -0.15) is 0 Å². The van der Waals surface area contributed by atoms with E-state index in [-0.39, 0.29) is 30.7 Å². The topological polar surface area (TPSA) is 92.8 Å². The summed E-state index contributed by atoms with van der Waals surface area (Å²) in [6.45, 7) is 5.49. The number of ether oxygens (including phenoxy) is 2. The lowest BCUT2D eigenvalue weighted by Gasteiger charge is -2.40. The summed E-state index contributed by atoms with van der Waals surface area (Å²) in [5.74, 6) is 0.240. The summed E-state index contributed by atoms with van der Waals surface area (Å²) in [4.78, 5) is 32.5. The minimum Gasteiger partial charge on any atom is -0.476 e. The molecule has 0 atom stereocenters. The van der Waals surface area contributed by atoms with Crippen LogP contribution in [0.4, 0.5) is 10.1 Å². The van der Waals surface area contributed by atoms with E-state index in [0.29, 0.717) is 31.2 Å². The van der Waals surface area contributed by atoms with Gasteiger partial charge in [0, 0.05) is 26.7 Å². The number of pyridine rings is 1. The molecule has 3 rings (SSSR count). The first-order chi connectivity index (χ1) is 15.5. The second kappa shape index (κ2) is 10.9. The predicted molar refractivity (Wildman–Crippen MR) is 120 cm³/mol. The number of rotatable bonds is 13. The van der Waals surface area contributed by atoms with E-state index >= 15 is 0 Å². The fourth-order valence-electron chi connectivity index (χ4n) is 3.70. The first-order valence-corrected chi connectivity index (χ1v) is 11.5. The number of carbonyl (C=O) groups is 2. The molecule has 1 saturated heterocycles. The highest BCUT2D eigenvalue weighted by atomic mass is 19.1. The van der Waals surface area contributed by atoms with Gasteiger partial charge in [0.2, 0.25) is 11.8 Å². The lowest BCUT2D eigenvalue weighted by molar-refractivity contribution is -0.127. The van der Waals surface area contributed by atoms with Crippen molar-refractivity contribution in [3.8, 4) is 5.88 Å². The molecule has 0 spiro atoms. The summed E-state index contributed by atoms with van der Waals surface area (Å²) in [6, 6.07) is 3.50. The Morgan fingerprint density at radius 2 is 1.97 bits per heavy atom. The molecular formula is C23H35FN4O4. The second-order valence-corrected chi connectivity index (χ2v) is 8.58. The van der Waals surface area contributed by atoms with Crippen molar-refractivity contribution in [2.24, 2.45) is 5.92 Å². The normalized spacial score (nSPS) is 16.4. The third-order valence-corrected chi connectivity index (χ3v) is 6.34. The Labute approximate surface area is 189 Å². The minimum atomic E-state index is -1.08. The highest BCUT2D eigenvalue weighted by molar-refractivity contribution is 5.98. The number of nitrogens with zero attached hydrogens (tertiary/aromatic N) is 2. The molecule has 1 aliphatic carbocycles. The van der Waals surface area contributed by atoms with Crippen LogP contribution in [-0.2, 0) is 9.53 Å². The number of alkyl halides is 1. The van der Waals surface area contributed by atoms with Gasteiger partial charge in [-0.3, -0.25) is 14.0 Å². The third kappa shape index (κ3) is 5.68. The molecule has 0 bridgehead atoms. The fraction of sp³-hybridized carbons (Fsp3) is 0.696. The Bertz CT molecular complexity index is 792. The van der Waals surface area contributed by atoms with Gasteiger partial charge >= 0.3 is 0 Å². The van der Waals surface area contributed by atoms with E-state index < -0.39 is 18.1 Å². The first-order valence-electron chi connectivity index (χ1n) is 11.5. The number of nitrogens with one attached hydrogen (secondary N) is 2.